The number of hydrogen-bond donors (Lipinski definition) is 2. The van der Waals surface area contributed by atoms with Gasteiger partial charge >= 0.3 is 0 Å². The zero-order valence-electron chi connectivity index (χ0n) is 18.2. The minimum Gasteiger partial charge on any atom is -0.494 e. The van der Waals surface area contributed by atoms with Crippen molar-refractivity contribution in [3.8, 4) is 17.2 Å². The SMILES string of the molecule is CCOc1ccc(NS(=O)(=O)c2cc(C(=O)Nc3ccc(OC)c(OC)c3)ccc2Cl)cc1. The molecule has 0 saturated heterocycles. The Morgan fingerprint density at radius 3 is 2.21 bits per heavy atom. The first-order chi connectivity index (χ1) is 15.8. The van der Waals surface area contributed by atoms with E-state index < -0.39 is 15.9 Å². The molecule has 0 aliphatic rings. The maximum atomic E-state index is 12.9. The van der Waals surface area contributed by atoms with Gasteiger partial charge in [0, 0.05) is 23.0 Å². The molecule has 0 saturated carbocycles. The Kier molecular flexibility index (Phi) is 7.67. The molecule has 0 fully saturated rings. The molecule has 0 aliphatic heterocycles. The molecule has 3 aromatic carbocycles. The first kappa shape index (κ1) is 24.2. The van der Waals surface area contributed by atoms with Crippen LogP contribution in [0, 0.1) is 0 Å². The zero-order chi connectivity index (χ0) is 24.0. The molecule has 33 heavy (non-hydrogen) atoms. The van der Waals surface area contributed by atoms with E-state index in [-0.39, 0.29) is 15.5 Å². The van der Waals surface area contributed by atoms with Crippen molar-refractivity contribution < 1.29 is 27.4 Å². The van der Waals surface area contributed by atoms with Gasteiger partial charge in [0.05, 0.1) is 25.8 Å². The van der Waals surface area contributed by atoms with Crippen molar-refractivity contribution in [1.29, 1.82) is 0 Å². The summed E-state index contributed by atoms with van der Waals surface area (Å²) in [5.74, 6) is 1.05. The molecule has 174 valence electrons. The van der Waals surface area contributed by atoms with E-state index in [4.69, 9.17) is 25.8 Å². The van der Waals surface area contributed by atoms with E-state index in [0.717, 1.165) is 0 Å². The Morgan fingerprint density at radius 1 is 0.909 bits per heavy atom. The highest BCUT2D eigenvalue weighted by Crippen LogP contribution is 2.30. The molecule has 0 radical (unpaired) electrons. The first-order valence-electron chi connectivity index (χ1n) is 9.86. The number of benzene rings is 3. The molecule has 0 aliphatic carbocycles. The van der Waals surface area contributed by atoms with Crippen LogP contribution in [-0.4, -0.2) is 35.2 Å². The van der Waals surface area contributed by atoms with E-state index in [9.17, 15) is 13.2 Å². The van der Waals surface area contributed by atoms with Gasteiger partial charge in [-0.3, -0.25) is 9.52 Å². The van der Waals surface area contributed by atoms with Crippen molar-refractivity contribution in [2.45, 2.75) is 11.8 Å². The van der Waals surface area contributed by atoms with Crippen molar-refractivity contribution in [1.82, 2.24) is 0 Å². The lowest BCUT2D eigenvalue weighted by atomic mass is 10.2. The van der Waals surface area contributed by atoms with Crippen LogP contribution < -0.4 is 24.2 Å². The van der Waals surface area contributed by atoms with Crippen molar-refractivity contribution in [2.75, 3.05) is 30.9 Å². The molecule has 3 rings (SSSR count). The van der Waals surface area contributed by atoms with Crippen LogP contribution in [0.3, 0.4) is 0 Å². The highest BCUT2D eigenvalue weighted by Gasteiger charge is 2.21. The predicted molar refractivity (Wildman–Crippen MR) is 127 cm³/mol. The molecule has 0 atom stereocenters. The van der Waals surface area contributed by atoms with Crippen LogP contribution >= 0.6 is 11.6 Å². The Hall–Kier alpha value is -3.43. The smallest absolute Gasteiger partial charge is 0.263 e. The molecule has 1 amide bonds. The van der Waals surface area contributed by atoms with Gasteiger partial charge in [-0.2, -0.15) is 0 Å². The lowest BCUT2D eigenvalue weighted by molar-refractivity contribution is 0.102. The third-order valence-electron chi connectivity index (χ3n) is 4.54. The van der Waals surface area contributed by atoms with Gasteiger partial charge < -0.3 is 19.5 Å². The standard InChI is InChI=1S/C23H23ClN2O6S/c1-4-32-18-9-6-16(7-10-18)26-33(28,29)22-13-15(5-11-19(22)24)23(27)25-17-8-12-20(30-2)21(14-17)31-3/h5-14,26H,4H2,1-3H3,(H,25,27). The molecule has 3 aromatic rings. The van der Waals surface area contributed by atoms with Gasteiger partial charge in [0.15, 0.2) is 11.5 Å². The van der Waals surface area contributed by atoms with E-state index >= 15 is 0 Å². The number of halogens is 1. The second-order valence-electron chi connectivity index (χ2n) is 6.73. The summed E-state index contributed by atoms with van der Waals surface area (Å²) >= 11 is 6.15. The molecule has 0 heterocycles. The van der Waals surface area contributed by atoms with E-state index in [1.807, 2.05) is 6.92 Å². The van der Waals surface area contributed by atoms with E-state index in [0.29, 0.717) is 35.2 Å². The van der Waals surface area contributed by atoms with E-state index in [2.05, 4.69) is 10.0 Å². The fraction of sp³-hybridized carbons (Fsp3) is 0.174. The molecular formula is C23H23ClN2O6S. The monoisotopic (exact) mass is 490 g/mol. The van der Waals surface area contributed by atoms with Crippen molar-refractivity contribution in [3.05, 3.63) is 71.2 Å². The lowest BCUT2D eigenvalue weighted by Crippen LogP contribution is -2.16. The molecule has 0 spiro atoms. The number of ether oxygens (including phenoxy) is 3. The normalized spacial score (nSPS) is 10.9. The minimum absolute atomic E-state index is 0.0175. The number of nitrogens with one attached hydrogen (secondary N) is 2. The van der Waals surface area contributed by atoms with Gasteiger partial charge in [-0.15, -0.1) is 0 Å². The molecule has 0 aromatic heterocycles. The van der Waals surface area contributed by atoms with Gasteiger partial charge in [0.2, 0.25) is 0 Å². The van der Waals surface area contributed by atoms with Crippen molar-refractivity contribution in [2.24, 2.45) is 0 Å². The third-order valence-corrected chi connectivity index (χ3v) is 6.40. The first-order valence-corrected chi connectivity index (χ1v) is 11.7. The Bertz CT molecular complexity index is 1250. The second-order valence-corrected chi connectivity index (χ2v) is 8.79. The van der Waals surface area contributed by atoms with Crippen LogP contribution in [0.4, 0.5) is 11.4 Å². The highest BCUT2D eigenvalue weighted by molar-refractivity contribution is 7.92. The molecular weight excluding hydrogens is 468 g/mol. The predicted octanol–water partition coefficient (Wildman–Crippen LogP) is 4.81. The summed E-state index contributed by atoms with van der Waals surface area (Å²) in [7, 11) is -1.07. The van der Waals surface area contributed by atoms with Gasteiger partial charge in [-0.25, -0.2) is 8.42 Å². The van der Waals surface area contributed by atoms with Gasteiger partial charge in [0.1, 0.15) is 10.6 Å². The fourth-order valence-electron chi connectivity index (χ4n) is 2.96. The van der Waals surface area contributed by atoms with Crippen molar-refractivity contribution in [3.63, 3.8) is 0 Å². The summed E-state index contributed by atoms with van der Waals surface area (Å²) in [5, 5.41) is 2.69. The molecule has 8 nitrogen and oxygen atoms in total. The third kappa shape index (κ3) is 5.88. The van der Waals surface area contributed by atoms with Crippen LogP contribution in [0.5, 0.6) is 17.2 Å². The number of methoxy groups -OCH3 is 2. The van der Waals surface area contributed by atoms with Gasteiger partial charge in [-0.1, -0.05) is 11.6 Å². The van der Waals surface area contributed by atoms with Gasteiger partial charge in [0.25, 0.3) is 15.9 Å². The number of rotatable bonds is 9. The number of amides is 1. The molecule has 0 unspecified atom stereocenters. The number of hydrogen-bond acceptors (Lipinski definition) is 6. The topological polar surface area (TPSA) is 103 Å². The van der Waals surface area contributed by atoms with Crippen molar-refractivity contribution >= 4 is 38.9 Å². The average Bonchev–Trinajstić information content (AvgIpc) is 2.80. The van der Waals surface area contributed by atoms with Crippen LogP contribution in [0.2, 0.25) is 5.02 Å². The Morgan fingerprint density at radius 2 is 1.58 bits per heavy atom. The summed E-state index contributed by atoms with van der Waals surface area (Å²) in [4.78, 5) is 12.5. The van der Waals surface area contributed by atoms with Gasteiger partial charge in [-0.05, 0) is 61.5 Å². The Balaban J connectivity index is 1.82. The summed E-state index contributed by atoms with van der Waals surface area (Å²) in [6.45, 7) is 2.35. The quantitative estimate of drug-likeness (QED) is 0.446. The summed E-state index contributed by atoms with van der Waals surface area (Å²) < 4.78 is 44.1. The minimum atomic E-state index is -4.06. The van der Waals surface area contributed by atoms with Crippen LogP contribution in [-0.2, 0) is 10.0 Å². The fourth-order valence-corrected chi connectivity index (χ4v) is 4.55. The summed E-state index contributed by atoms with van der Waals surface area (Å²) in [6, 6.07) is 15.3. The number of carbonyl (C=O) groups excluding carboxylic acids is 1. The zero-order valence-corrected chi connectivity index (χ0v) is 19.8. The van der Waals surface area contributed by atoms with Crippen LogP contribution in [0.15, 0.2) is 65.6 Å². The molecule has 10 heteroatoms. The van der Waals surface area contributed by atoms with Crippen LogP contribution in [0.1, 0.15) is 17.3 Å². The molecule has 0 bridgehead atoms. The number of anilines is 2. The number of sulfonamides is 1. The highest BCUT2D eigenvalue weighted by atomic mass is 35.5. The maximum absolute atomic E-state index is 12.9. The maximum Gasteiger partial charge on any atom is 0.263 e. The van der Waals surface area contributed by atoms with E-state index in [1.165, 1.54) is 32.4 Å². The average molecular weight is 491 g/mol. The second kappa shape index (κ2) is 10.5. The Labute approximate surface area is 197 Å². The lowest BCUT2D eigenvalue weighted by Gasteiger charge is -2.13. The summed E-state index contributed by atoms with van der Waals surface area (Å²) in [5.41, 5.74) is 0.889. The largest absolute Gasteiger partial charge is 0.494 e. The summed E-state index contributed by atoms with van der Waals surface area (Å²) in [6.07, 6.45) is 0. The molecule has 2 N–H and O–H groups in total. The van der Waals surface area contributed by atoms with Crippen LogP contribution in [0.25, 0.3) is 0 Å². The number of carbonyl (C=O) groups is 1. The van der Waals surface area contributed by atoms with E-state index in [1.54, 1.807) is 42.5 Å².